The average molecular weight is 295 g/mol. The van der Waals surface area contributed by atoms with Crippen molar-refractivity contribution in [3.8, 4) is 0 Å². The van der Waals surface area contributed by atoms with Gasteiger partial charge in [-0.1, -0.05) is 30.8 Å². The Labute approximate surface area is 122 Å². The van der Waals surface area contributed by atoms with E-state index in [0.29, 0.717) is 0 Å². The minimum Gasteiger partial charge on any atom is -0.310 e. The minimum atomic E-state index is -0.127. The zero-order chi connectivity index (χ0) is 13.7. The van der Waals surface area contributed by atoms with Crippen molar-refractivity contribution in [1.82, 2.24) is 5.32 Å². The number of halogens is 1. The first-order chi connectivity index (χ1) is 9.22. The summed E-state index contributed by atoms with van der Waals surface area (Å²) >= 11 is 3.32. The molecule has 4 heteroatoms. The van der Waals surface area contributed by atoms with Crippen LogP contribution in [0.25, 0.3) is 0 Å². The van der Waals surface area contributed by atoms with Gasteiger partial charge in [-0.3, -0.25) is 0 Å². The molecule has 2 aromatic rings. The SMILES string of the molecule is CCCNC(C)c1c(F)cccc1Sc1cccs1. The first kappa shape index (κ1) is 14.6. The van der Waals surface area contributed by atoms with Crippen LogP contribution in [0.3, 0.4) is 0 Å². The molecule has 0 bridgehead atoms. The van der Waals surface area contributed by atoms with Crippen molar-refractivity contribution in [1.29, 1.82) is 0 Å². The summed E-state index contributed by atoms with van der Waals surface area (Å²) < 4.78 is 15.3. The second kappa shape index (κ2) is 7.08. The maximum absolute atomic E-state index is 14.1. The lowest BCUT2D eigenvalue weighted by Crippen LogP contribution is -2.20. The lowest BCUT2D eigenvalue weighted by Gasteiger charge is -2.18. The van der Waals surface area contributed by atoms with E-state index >= 15 is 0 Å². The fourth-order valence-electron chi connectivity index (χ4n) is 1.92. The Balaban J connectivity index is 2.25. The van der Waals surface area contributed by atoms with Crippen molar-refractivity contribution in [2.45, 2.75) is 35.4 Å². The van der Waals surface area contributed by atoms with Crippen LogP contribution in [0.15, 0.2) is 44.8 Å². The molecule has 0 radical (unpaired) electrons. The van der Waals surface area contributed by atoms with E-state index in [1.807, 2.05) is 24.4 Å². The summed E-state index contributed by atoms with van der Waals surface area (Å²) in [7, 11) is 0. The molecular formula is C15H18FNS2. The van der Waals surface area contributed by atoms with Crippen molar-refractivity contribution in [2.24, 2.45) is 0 Å². The van der Waals surface area contributed by atoms with Crippen LogP contribution in [0.5, 0.6) is 0 Å². The first-order valence-electron chi connectivity index (χ1n) is 6.45. The monoisotopic (exact) mass is 295 g/mol. The lowest BCUT2D eigenvalue weighted by molar-refractivity contribution is 0.519. The molecule has 0 saturated carbocycles. The molecule has 1 aromatic heterocycles. The third-order valence-corrected chi connectivity index (χ3v) is 4.97. The second-order valence-electron chi connectivity index (χ2n) is 4.36. The largest absolute Gasteiger partial charge is 0.310 e. The second-order valence-corrected chi connectivity index (χ2v) is 6.65. The van der Waals surface area contributed by atoms with Crippen LogP contribution in [0, 0.1) is 5.82 Å². The van der Waals surface area contributed by atoms with Gasteiger partial charge in [0.15, 0.2) is 0 Å². The van der Waals surface area contributed by atoms with Crippen LogP contribution in [-0.4, -0.2) is 6.54 Å². The van der Waals surface area contributed by atoms with Crippen LogP contribution in [0.4, 0.5) is 4.39 Å². The van der Waals surface area contributed by atoms with E-state index in [0.717, 1.165) is 23.4 Å². The highest BCUT2D eigenvalue weighted by Crippen LogP contribution is 2.36. The highest BCUT2D eigenvalue weighted by atomic mass is 32.2. The molecule has 1 unspecified atom stereocenters. The molecule has 1 nitrogen and oxygen atoms in total. The van der Waals surface area contributed by atoms with Gasteiger partial charge in [0.05, 0.1) is 4.21 Å². The highest BCUT2D eigenvalue weighted by molar-refractivity contribution is 8.01. The zero-order valence-electron chi connectivity index (χ0n) is 11.2. The molecule has 0 fully saturated rings. The summed E-state index contributed by atoms with van der Waals surface area (Å²) in [5.41, 5.74) is 0.773. The van der Waals surface area contributed by atoms with Gasteiger partial charge in [0, 0.05) is 16.5 Å². The van der Waals surface area contributed by atoms with Crippen LogP contribution in [0.1, 0.15) is 31.9 Å². The quantitative estimate of drug-likeness (QED) is 0.795. The molecule has 1 atom stereocenters. The van der Waals surface area contributed by atoms with Crippen molar-refractivity contribution in [3.63, 3.8) is 0 Å². The predicted molar refractivity (Wildman–Crippen MR) is 81.6 cm³/mol. The predicted octanol–water partition coefficient (Wildman–Crippen LogP) is 5.10. The lowest BCUT2D eigenvalue weighted by atomic mass is 10.1. The van der Waals surface area contributed by atoms with Gasteiger partial charge in [0.25, 0.3) is 0 Å². The molecule has 1 aromatic carbocycles. The number of nitrogens with one attached hydrogen (secondary N) is 1. The fourth-order valence-corrected chi connectivity index (χ4v) is 3.89. The Morgan fingerprint density at radius 3 is 2.84 bits per heavy atom. The molecule has 102 valence electrons. The van der Waals surface area contributed by atoms with Gasteiger partial charge in [-0.25, -0.2) is 4.39 Å². The summed E-state index contributed by atoms with van der Waals surface area (Å²) in [6.07, 6.45) is 1.05. The summed E-state index contributed by atoms with van der Waals surface area (Å²) in [5, 5.41) is 5.40. The van der Waals surface area contributed by atoms with Crippen molar-refractivity contribution >= 4 is 23.1 Å². The molecule has 1 heterocycles. The topological polar surface area (TPSA) is 12.0 Å². The molecule has 0 spiro atoms. The average Bonchev–Trinajstić information content (AvgIpc) is 2.89. The van der Waals surface area contributed by atoms with E-state index in [1.165, 1.54) is 10.3 Å². The van der Waals surface area contributed by atoms with E-state index in [2.05, 4.69) is 18.3 Å². The summed E-state index contributed by atoms with van der Waals surface area (Å²) in [6, 6.07) is 9.43. The van der Waals surface area contributed by atoms with Gasteiger partial charge < -0.3 is 5.32 Å². The third kappa shape index (κ3) is 3.81. The summed E-state index contributed by atoms with van der Waals surface area (Å²) in [6.45, 7) is 5.04. The number of hydrogen-bond acceptors (Lipinski definition) is 3. The summed E-state index contributed by atoms with van der Waals surface area (Å²) in [5.74, 6) is -0.127. The Hall–Kier alpha value is -0.840. The fraction of sp³-hybridized carbons (Fsp3) is 0.333. The van der Waals surface area contributed by atoms with Gasteiger partial charge in [-0.2, -0.15) is 0 Å². The molecule has 0 saturated heterocycles. The molecule has 0 amide bonds. The molecule has 0 aliphatic carbocycles. The van der Waals surface area contributed by atoms with Crippen molar-refractivity contribution in [3.05, 3.63) is 47.1 Å². The Bertz CT molecular complexity index is 511. The van der Waals surface area contributed by atoms with E-state index < -0.39 is 0 Å². The normalized spacial score (nSPS) is 12.6. The molecule has 0 aliphatic rings. The van der Waals surface area contributed by atoms with Gasteiger partial charge in [0.1, 0.15) is 5.82 Å². The van der Waals surface area contributed by atoms with Crippen LogP contribution in [-0.2, 0) is 0 Å². The standard InChI is InChI=1S/C15H18FNS2/c1-3-9-17-11(2)15-12(16)6-4-7-13(15)19-14-8-5-10-18-14/h4-8,10-11,17H,3,9H2,1-2H3. The molecule has 19 heavy (non-hydrogen) atoms. The Morgan fingerprint density at radius 1 is 1.32 bits per heavy atom. The van der Waals surface area contributed by atoms with Gasteiger partial charge in [-0.15, -0.1) is 11.3 Å². The Kier molecular flexibility index (Phi) is 5.43. The van der Waals surface area contributed by atoms with Crippen LogP contribution >= 0.6 is 23.1 Å². The molecule has 2 rings (SSSR count). The first-order valence-corrected chi connectivity index (χ1v) is 8.15. The van der Waals surface area contributed by atoms with E-state index in [4.69, 9.17) is 0 Å². The van der Waals surface area contributed by atoms with Gasteiger partial charge in [0.2, 0.25) is 0 Å². The van der Waals surface area contributed by atoms with Gasteiger partial charge in [-0.05, 0) is 43.5 Å². The molecule has 1 N–H and O–H groups in total. The van der Waals surface area contributed by atoms with Crippen molar-refractivity contribution < 1.29 is 4.39 Å². The van der Waals surface area contributed by atoms with Gasteiger partial charge >= 0.3 is 0 Å². The van der Waals surface area contributed by atoms with Crippen molar-refractivity contribution in [2.75, 3.05) is 6.54 Å². The third-order valence-electron chi connectivity index (χ3n) is 2.85. The zero-order valence-corrected chi connectivity index (χ0v) is 12.8. The van der Waals surface area contributed by atoms with E-state index in [-0.39, 0.29) is 11.9 Å². The maximum atomic E-state index is 14.1. The number of benzene rings is 1. The molecule has 0 aliphatic heterocycles. The number of rotatable bonds is 6. The maximum Gasteiger partial charge on any atom is 0.129 e. The van der Waals surface area contributed by atoms with Crippen LogP contribution in [0.2, 0.25) is 0 Å². The minimum absolute atomic E-state index is 0.0311. The van der Waals surface area contributed by atoms with E-state index in [1.54, 1.807) is 29.2 Å². The number of hydrogen-bond donors (Lipinski definition) is 1. The number of thiophene rings is 1. The molecular weight excluding hydrogens is 277 g/mol. The van der Waals surface area contributed by atoms with Crippen LogP contribution < -0.4 is 5.32 Å². The van der Waals surface area contributed by atoms with E-state index in [9.17, 15) is 4.39 Å². The smallest absolute Gasteiger partial charge is 0.129 e. The highest BCUT2D eigenvalue weighted by Gasteiger charge is 2.16. The summed E-state index contributed by atoms with van der Waals surface area (Å²) in [4.78, 5) is 0.999. The Morgan fingerprint density at radius 2 is 2.16 bits per heavy atom.